The number of hydrogen-bond acceptors (Lipinski definition) is 3. The minimum absolute atomic E-state index is 0.236. The van der Waals surface area contributed by atoms with Crippen molar-refractivity contribution >= 4 is 5.69 Å². The molecule has 6 heteroatoms. The lowest BCUT2D eigenvalue weighted by Gasteiger charge is -2.11. The molecule has 3 nitrogen and oxygen atoms in total. The van der Waals surface area contributed by atoms with Crippen molar-refractivity contribution in [3.63, 3.8) is 0 Å². The first-order chi connectivity index (χ1) is 9.53. The molecular weight excluding hydrogens is 269 g/mol. The Labute approximate surface area is 114 Å². The van der Waals surface area contributed by atoms with Gasteiger partial charge in [0.05, 0.1) is 0 Å². The highest BCUT2D eigenvalue weighted by Crippen LogP contribution is 2.24. The highest BCUT2D eigenvalue weighted by Gasteiger charge is 2.31. The summed E-state index contributed by atoms with van der Waals surface area (Å²) in [5.41, 5.74) is 1.49. The molecule has 0 aliphatic rings. The predicted molar refractivity (Wildman–Crippen MR) is 69.6 cm³/mol. The number of hydrogen-bond donors (Lipinski definition) is 1. The van der Waals surface area contributed by atoms with Crippen LogP contribution in [0.3, 0.4) is 0 Å². The normalized spacial score (nSPS) is 11.2. The first-order valence-electron chi connectivity index (χ1n) is 6.02. The van der Waals surface area contributed by atoms with Crippen LogP contribution in [-0.4, -0.2) is 17.9 Å². The van der Waals surface area contributed by atoms with E-state index < -0.39 is 6.36 Å². The molecular formula is C14H13F3N2O. The van der Waals surface area contributed by atoms with Crippen LogP contribution in [0.2, 0.25) is 0 Å². The molecule has 0 spiro atoms. The smallest absolute Gasteiger partial charge is 0.406 e. The Bertz CT molecular complexity index is 544. The minimum Gasteiger partial charge on any atom is -0.406 e. The number of alkyl halides is 3. The molecule has 1 N–H and O–H groups in total. The van der Waals surface area contributed by atoms with E-state index in [2.05, 4.69) is 15.0 Å². The van der Waals surface area contributed by atoms with E-state index in [4.69, 9.17) is 0 Å². The molecule has 0 atom stereocenters. The fourth-order valence-corrected chi connectivity index (χ4v) is 1.68. The highest BCUT2D eigenvalue weighted by molar-refractivity contribution is 5.48. The molecule has 1 aromatic carbocycles. The third-order valence-corrected chi connectivity index (χ3v) is 2.50. The van der Waals surface area contributed by atoms with E-state index in [1.165, 1.54) is 18.2 Å². The number of anilines is 1. The maximum atomic E-state index is 12.1. The first-order valence-corrected chi connectivity index (χ1v) is 6.02. The third-order valence-electron chi connectivity index (χ3n) is 2.50. The molecule has 0 unspecified atom stereocenters. The van der Waals surface area contributed by atoms with Crippen LogP contribution in [0.4, 0.5) is 18.9 Å². The van der Waals surface area contributed by atoms with E-state index in [1.807, 2.05) is 18.2 Å². The molecule has 2 rings (SSSR count). The van der Waals surface area contributed by atoms with Crippen molar-refractivity contribution in [3.8, 4) is 5.75 Å². The molecule has 2 aromatic rings. The summed E-state index contributed by atoms with van der Waals surface area (Å²) in [5, 5.41) is 3.03. The van der Waals surface area contributed by atoms with Crippen LogP contribution in [0.25, 0.3) is 0 Å². The summed E-state index contributed by atoms with van der Waals surface area (Å²) in [6, 6.07) is 11.4. The van der Waals surface area contributed by atoms with Crippen molar-refractivity contribution in [3.05, 3.63) is 54.4 Å². The standard InChI is InChI=1S/C14H13F3N2O/c15-14(16,17)20-13-6-3-5-12(10-13)19-9-7-11-4-1-2-8-18-11/h1-6,8,10,19H,7,9H2. The van der Waals surface area contributed by atoms with Crippen LogP contribution in [0.15, 0.2) is 48.7 Å². The van der Waals surface area contributed by atoms with Crippen LogP contribution in [0.1, 0.15) is 5.69 Å². The van der Waals surface area contributed by atoms with E-state index in [0.29, 0.717) is 18.7 Å². The molecule has 0 fully saturated rings. The van der Waals surface area contributed by atoms with Gasteiger partial charge in [0.1, 0.15) is 5.75 Å². The zero-order chi connectivity index (χ0) is 14.4. The summed E-state index contributed by atoms with van der Waals surface area (Å²) in [7, 11) is 0. The largest absolute Gasteiger partial charge is 0.573 e. The van der Waals surface area contributed by atoms with Gasteiger partial charge in [-0.05, 0) is 24.3 Å². The summed E-state index contributed by atoms with van der Waals surface area (Å²) in [4.78, 5) is 4.16. The lowest BCUT2D eigenvalue weighted by molar-refractivity contribution is -0.274. The molecule has 0 aliphatic carbocycles. The SMILES string of the molecule is FC(F)(F)Oc1cccc(NCCc2ccccn2)c1. The maximum absolute atomic E-state index is 12.1. The number of nitrogens with zero attached hydrogens (tertiary/aromatic N) is 1. The molecule has 0 saturated carbocycles. The van der Waals surface area contributed by atoms with Crippen molar-refractivity contribution in [2.24, 2.45) is 0 Å². The second kappa shape index (κ2) is 6.27. The average Bonchev–Trinajstić information content (AvgIpc) is 2.38. The van der Waals surface area contributed by atoms with E-state index in [1.54, 1.807) is 12.3 Å². The summed E-state index contributed by atoms with van der Waals surface area (Å²) < 4.78 is 40.1. The fourth-order valence-electron chi connectivity index (χ4n) is 1.68. The van der Waals surface area contributed by atoms with Gasteiger partial charge in [0.25, 0.3) is 0 Å². The average molecular weight is 282 g/mol. The Morgan fingerprint density at radius 3 is 2.65 bits per heavy atom. The fraction of sp³-hybridized carbons (Fsp3) is 0.214. The third kappa shape index (κ3) is 4.79. The first kappa shape index (κ1) is 14.2. The summed E-state index contributed by atoms with van der Waals surface area (Å²) in [6.45, 7) is 0.576. The Hall–Kier alpha value is -2.24. The van der Waals surface area contributed by atoms with E-state index in [0.717, 1.165) is 5.69 Å². The van der Waals surface area contributed by atoms with Crippen LogP contribution in [0.5, 0.6) is 5.75 Å². The van der Waals surface area contributed by atoms with Gasteiger partial charge < -0.3 is 10.1 Å². The zero-order valence-corrected chi connectivity index (χ0v) is 10.5. The van der Waals surface area contributed by atoms with E-state index in [-0.39, 0.29) is 5.75 Å². The summed E-state index contributed by atoms with van der Waals surface area (Å²) in [5.74, 6) is -0.236. The van der Waals surface area contributed by atoms with Gasteiger partial charge in [-0.1, -0.05) is 12.1 Å². The van der Waals surface area contributed by atoms with Crippen LogP contribution < -0.4 is 10.1 Å². The highest BCUT2D eigenvalue weighted by atomic mass is 19.4. The molecule has 106 valence electrons. The summed E-state index contributed by atoms with van der Waals surface area (Å²) >= 11 is 0. The minimum atomic E-state index is -4.67. The second-order valence-electron chi connectivity index (χ2n) is 4.07. The van der Waals surface area contributed by atoms with Gasteiger partial charge in [0.15, 0.2) is 0 Å². The number of rotatable bonds is 5. The van der Waals surface area contributed by atoms with Crippen molar-refractivity contribution in [1.82, 2.24) is 4.98 Å². The van der Waals surface area contributed by atoms with Gasteiger partial charge in [-0.15, -0.1) is 13.2 Å². The lowest BCUT2D eigenvalue weighted by atomic mass is 10.2. The lowest BCUT2D eigenvalue weighted by Crippen LogP contribution is -2.17. The van der Waals surface area contributed by atoms with Crippen molar-refractivity contribution < 1.29 is 17.9 Å². The Morgan fingerprint density at radius 2 is 1.95 bits per heavy atom. The predicted octanol–water partition coefficient (Wildman–Crippen LogP) is 3.63. The van der Waals surface area contributed by atoms with Crippen molar-refractivity contribution in [2.75, 3.05) is 11.9 Å². The Morgan fingerprint density at radius 1 is 1.10 bits per heavy atom. The van der Waals surface area contributed by atoms with Crippen LogP contribution in [-0.2, 0) is 6.42 Å². The van der Waals surface area contributed by atoms with Crippen molar-refractivity contribution in [2.45, 2.75) is 12.8 Å². The number of aromatic nitrogens is 1. The zero-order valence-electron chi connectivity index (χ0n) is 10.5. The number of ether oxygens (including phenoxy) is 1. The van der Waals surface area contributed by atoms with Gasteiger partial charge in [0.2, 0.25) is 0 Å². The van der Waals surface area contributed by atoms with Gasteiger partial charge in [-0.25, -0.2) is 0 Å². The summed E-state index contributed by atoms with van der Waals surface area (Å²) in [6.07, 6.45) is -2.29. The molecule has 0 amide bonds. The molecule has 0 saturated heterocycles. The molecule has 1 heterocycles. The Kier molecular flexibility index (Phi) is 4.45. The van der Waals surface area contributed by atoms with Crippen molar-refractivity contribution in [1.29, 1.82) is 0 Å². The number of halogens is 3. The van der Waals surface area contributed by atoms with Gasteiger partial charge in [-0.2, -0.15) is 0 Å². The van der Waals surface area contributed by atoms with E-state index >= 15 is 0 Å². The molecule has 0 radical (unpaired) electrons. The Balaban J connectivity index is 1.88. The van der Waals surface area contributed by atoms with Crippen LogP contribution in [0, 0.1) is 0 Å². The molecule has 1 aromatic heterocycles. The topological polar surface area (TPSA) is 34.1 Å². The van der Waals surface area contributed by atoms with E-state index in [9.17, 15) is 13.2 Å². The number of pyridine rings is 1. The number of nitrogens with one attached hydrogen (secondary N) is 1. The molecule has 0 aliphatic heterocycles. The van der Waals surface area contributed by atoms with Gasteiger partial charge >= 0.3 is 6.36 Å². The monoisotopic (exact) mass is 282 g/mol. The van der Waals surface area contributed by atoms with Gasteiger partial charge in [0, 0.05) is 36.6 Å². The quantitative estimate of drug-likeness (QED) is 0.909. The van der Waals surface area contributed by atoms with Gasteiger partial charge in [-0.3, -0.25) is 4.98 Å². The van der Waals surface area contributed by atoms with Crippen LogP contribution >= 0.6 is 0 Å². The molecule has 20 heavy (non-hydrogen) atoms. The second-order valence-corrected chi connectivity index (χ2v) is 4.07. The number of benzene rings is 1. The maximum Gasteiger partial charge on any atom is 0.573 e. The molecule has 0 bridgehead atoms.